The molecule has 0 saturated carbocycles. The van der Waals surface area contributed by atoms with E-state index in [4.69, 9.17) is 4.74 Å². The largest absolute Gasteiger partial charge is 0.372 e. The van der Waals surface area contributed by atoms with Gasteiger partial charge in [0.15, 0.2) is 0 Å². The highest BCUT2D eigenvalue weighted by molar-refractivity contribution is 7.73. The van der Waals surface area contributed by atoms with Gasteiger partial charge in [-0.2, -0.15) is 0 Å². The van der Waals surface area contributed by atoms with E-state index < -0.39 is 269 Å². The molecular weight excluding hydrogens is 1340 g/mol. The fourth-order valence-electron chi connectivity index (χ4n) is 7.46. The van der Waals surface area contributed by atoms with Crippen molar-refractivity contribution < 1.29 is 174 Å². The lowest BCUT2D eigenvalue weighted by atomic mass is 10.0. The number of Topliss-reactive ketones (excluding diaryl/α,β-unsaturated/α-hetero) is 1. The van der Waals surface area contributed by atoms with Gasteiger partial charge in [0.1, 0.15) is 12.4 Å². The van der Waals surface area contributed by atoms with Crippen molar-refractivity contribution in [2.75, 3.05) is 32.8 Å². The normalized spacial score (nSPS) is 14.4. The highest BCUT2D eigenvalue weighted by Gasteiger charge is 2.61. The predicted octanol–water partition coefficient (Wildman–Crippen LogP) is -5.36. The number of hydrogen-bond acceptors (Lipinski definition) is 20. The van der Waals surface area contributed by atoms with Gasteiger partial charge in [-0.1, -0.05) is 0 Å². The third-order valence-electron chi connectivity index (χ3n) is 12.1. The summed E-state index contributed by atoms with van der Waals surface area (Å²) in [5.41, 5.74) is 0. The zero-order valence-electron chi connectivity index (χ0n) is 45.1. The molecule has 50 heteroatoms. The zero-order chi connectivity index (χ0) is 67.6. The molecule has 0 saturated heterocycles. The highest BCUT2D eigenvalue weighted by atomic mass is 31.3. The summed E-state index contributed by atoms with van der Waals surface area (Å²) in [6.45, 7) is -1.39. The lowest BCUT2D eigenvalue weighted by Gasteiger charge is -2.29. The summed E-state index contributed by atoms with van der Waals surface area (Å²) in [4.78, 5) is 243. The second-order valence-corrected chi connectivity index (χ2v) is 35.2. The van der Waals surface area contributed by atoms with E-state index in [1.165, 1.54) is 6.92 Å². The van der Waals surface area contributed by atoms with Crippen LogP contribution in [-0.2, 0) is 74.8 Å². The number of nitrogens with one attached hydrogen (secondary N) is 6. The Morgan fingerprint density at radius 1 is 0.349 bits per heavy atom. The van der Waals surface area contributed by atoms with E-state index in [1.54, 1.807) is 0 Å². The summed E-state index contributed by atoms with van der Waals surface area (Å²) in [5.74, 6) is -7.68. The van der Waals surface area contributed by atoms with Crippen LogP contribution >= 0.6 is 60.8 Å². The SMILES string of the molecule is CCOCC(=O)NC(CC(=O)NC(CC(=O)CCCCC(O)(P(=O)(O)O)P(=O)(O)O)CC(=O)NCCCC(O)(P(=O)(O)O)P(=O)(O)O)CC(=O)NC(CC(=O)NCCCC(O)(P(=O)(O)O)P(=O)(O)O)CC(=O)NCCCC(O)(P(=O)(O)O)P(=O)(O)O. The molecule has 2 unspecified atom stereocenters. The second-order valence-electron chi connectivity index (χ2n) is 19.2. The molecule has 0 aliphatic carbocycles. The molecule has 0 spiro atoms. The number of carbonyl (C=O) groups excluding carboxylic acids is 7. The fourth-order valence-corrected chi connectivity index (χ4v) is 16.5. The first kappa shape index (κ1) is 83.5. The van der Waals surface area contributed by atoms with Crippen molar-refractivity contribution in [3.05, 3.63) is 0 Å². The van der Waals surface area contributed by atoms with Crippen LogP contribution in [0.1, 0.15) is 110 Å². The lowest BCUT2D eigenvalue weighted by molar-refractivity contribution is -0.128. The molecule has 42 nitrogen and oxygen atoms in total. The maximum Gasteiger partial charge on any atom is 0.369 e. The summed E-state index contributed by atoms with van der Waals surface area (Å²) in [5, 5.41) is 38.2. The van der Waals surface area contributed by atoms with Gasteiger partial charge >= 0.3 is 60.8 Å². The van der Waals surface area contributed by atoms with Gasteiger partial charge in [-0.3, -0.25) is 70.1 Å². The molecule has 0 aliphatic heterocycles. The second kappa shape index (κ2) is 33.7. The van der Waals surface area contributed by atoms with Crippen LogP contribution in [0.3, 0.4) is 0 Å². The van der Waals surface area contributed by atoms with E-state index in [9.17, 15) is 169 Å². The number of ketones is 1. The minimum atomic E-state index is -5.93. The smallest absolute Gasteiger partial charge is 0.369 e. The first-order valence-electron chi connectivity index (χ1n) is 24.7. The van der Waals surface area contributed by atoms with Crippen molar-refractivity contribution in [1.29, 1.82) is 0 Å². The molecule has 0 fully saturated rings. The molecular formula is C36H74N6O36P8. The maximum absolute atomic E-state index is 13.7. The summed E-state index contributed by atoms with van der Waals surface area (Å²) in [7, 11) is -47.4. The van der Waals surface area contributed by atoms with E-state index in [-0.39, 0.29) is 6.61 Å². The van der Waals surface area contributed by atoms with Gasteiger partial charge in [0, 0.05) is 109 Å². The summed E-state index contributed by atoms with van der Waals surface area (Å²) < 4.78 is 99.0. The Morgan fingerprint density at radius 3 is 0.837 bits per heavy atom. The quantitative estimate of drug-likeness (QED) is 0.0200. The third-order valence-corrected chi connectivity index (χ3v) is 27.7. The van der Waals surface area contributed by atoms with Crippen molar-refractivity contribution >= 4 is 102 Å². The maximum atomic E-state index is 13.7. The first-order valence-corrected chi connectivity index (χ1v) is 37.6. The Morgan fingerprint density at radius 2 is 0.581 bits per heavy atom. The van der Waals surface area contributed by atoms with E-state index in [0.717, 1.165) is 0 Å². The lowest BCUT2D eigenvalue weighted by Crippen LogP contribution is -2.48. The zero-order valence-corrected chi connectivity index (χ0v) is 52.3. The van der Waals surface area contributed by atoms with Crippen LogP contribution < -0.4 is 31.9 Å². The Bertz CT molecular complexity index is 2350. The van der Waals surface area contributed by atoms with Gasteiger partial charge in [0.05, 0.1) is 0 Å². The van der Waals surface area contributed by atoms with Crippen LogP contribution in [-0.4, -0.2) is 211 Å². The van der Waals surface area contributed by atoms with Gasteiger partial charge < -0.3 is 135 Å². The van der Waals surface area contributed by atoms with E-state index in [0.29, 0.717) is 0 Å². The molecule has 0 aliphatic rings. The minimum absolute atomic E-state index is 0.0620. The molecule has 0 rings (SSSR count). The standard InChI is InChI=1S/C36H74N6O36P8/c1-2-78-22-32(49)42-25(20-30(47)40-23(16-26(43)8-3-4-9-33(50,79(54,55)56)80(57,58)59)17-27(44)37-13-5-10-34(51,81(60,61)62)82(63,64)65)21-31(48)41-24(18-28(45)38-14-6-11-35(52,83(66,67)68)84(69,70)71)19-29(46)39-15-7-12-36(53,85(72,73)74)86(75,76)77/h23-25,50-53H,2-22H2,1H3,(H,37,44)(H,38,45)(H,39,46)(H,40,47)(H,41,48)(H,42,49)(H2,54,55,56)(H2,57,58,59)(H2,60,61,62)(H2,63,64,65)(H2,66,67,68)(H2,69,70,71)(H2,72,73,74)(H2,75,76,77). The van der Waals surface area contributed by atoms with Gasteiger partial charge in [0.2, 0.25) is 35.4 Å². The molecule has 0 radical (unpaired) electrons. The number of hydrogen-bond donors (Lipinski definition) is 26. The topological polar surface area (TPSA) is 742 Å². The Hall–Kier alpha value is -2.51. The van der Waals surface area contributed by atoms with Gasteiger partial charge in [-0.05, 0) is 45.4 Å². The molecule has 0 aromatic carbocycles. The van der Waals surface area contributed by atoms with Crippen LogP contribution in [0.4, 0.5) is 0 Å². The molecule has 0 heterocycles. The average Bonchev–Trinajstić information content (AvgIpc) is 0.887. The number of rotatable bonds is 43. The Kier molecular flexibility index (Phi) is 32.7. The molecule has 2 atom stereocenters. The average molecular weight is 1410 g/mol. The van der Waals surface area contributed by atoms with Crippen LogP contribution in [0.2, 0.25) is 0 Å². The Balaban J connectivity index is 6.86. The number of carbonyl (C=O) groups is 7. The molecule has 0 aromatic heterocycles. The third kappa shape index (κ3) is 26.4. The molecule has 6 amide bonds. The van der Waals surface area contributed by atoms with Crippen molar-refractivity contribution in [1.82, 2.24) is 31.9 Å². The van der Waals surface area contributed by atoms with E-state index in [2.05, 4.69) is 31.9 Å². The predicted molar refractivity (Wildman–Crippen MR) is 286 cm³/mol. The Labute approximate surface area is 487 Å². The van der Waals surface area contributed by atoms with E-state index >= 15 is 0 Å². The van der Waals surface area contributed by atoms with Gasteiger partial charge in [-0.25, -0.2) is 0 Å². The number of unbranched alkanes of at least 4 members (excludes halogenated alkanes) is 1. The minimum Gasteiger partial charge on any atom is -0.372 e. The van der Waals surface area contributed by atoms with Crippen LogP contribution in [0.25, 0.3) is 0 Å². The van der Waals surface area contributed by atoms with Crippen molar-refractivity contribution in [3.63, 3.8) is 0 Å². The van der Waals surface area contributed by atoms with Crippen molar-refractivity contribution in [3.8, 4) is 0 Å². The summed E-state index contributed by atoms with van der Waals surface area (Å²) in [6.07, 6.45) is -14.7. The van der Waals surface area contributed by atoms with Crippen LogP contribution in [0, 0.1) is 0 Å². The highest BCUT2D eigenvalue weighted by Crippen LogP contribution is 2.72. The number of ether oxygens (including phenoxy) is 1. The summed E-state index contributed by atoms with van der Waals surface area (Å²) >= 11 is 0. The van der Waals surface area contributed by atoms with E-state index in [1.807, 2.05) is 0 Å². The van der Waals surface area contributed by atoms with Crippen LogP contribution in [0.15, 0.2) is 0 Å². The number of aliphatic hydroxyl groups is 4. The molecule has 86 heavy (non-hydrogen) atoms. The van der Waals surface area contributed by atoms with Crippen LogP contribution in [0.5, 0.6) is 0 Å². The fraction of sp³-hybridized carbons (Fsp3) is 0.806. The van der Waals surface area contributed by atoms with Crippen molar-refractivity contribution in [2.45, 2.75) is 148 Å². The first-order chi connectivity index (χ1) is 38.6. The molecule has 0 bridgehead atoms. The monoisotopic (exact) mass is 1410 g/mol. The van der Waals surface area contributed by atoms with Gasteiger partial charge in [0.25, 0.3) is 20.3 Å². The molecule has 26 N–H and O–H groups in total. The summed E-state index contributed by atoms with van der Waals surface area (Å²) in [6, 6.07) is -4.96. The molecule has 504 valence electrons. The molecule has 0 aromatic rings. The number of amides is 6. The van der Waals surface area contributed by atoms with Gasteiger partial charge in [-0.15, -0.1) is 0 Å². The van der Waals surface area contributed by atoms with Crippen molar-refractivity contribution in [2.24, 2.45) is 0 Å².